The number of anilines is 1. The van der Waals surface area contributed by atoms with E-state index >= 15 is 0 Å². The topological polar surface area (TPSA) is 72.2 Å². The first-order valence-electron chi connectivity index (χ1n) is 7.67. The summed E-state index contributed by atoms with van der Waals surface area (Å²) in [5, 5.41) is 6.90. The van der Waals surface area contributed by atoms with Crippen molar-refractivity contribution in [1.29, 1.82) is 0 Å². The number of benzene rings is 1. The minimum atomic E-state index is -0.372. The fourth-order valence-electron chi connectivity index (χ4n) is 2.70. The van der Waals surface area contributed by atoms with Crippen LogP contribution in [-0.2, 0) is 11.2 Å². The number of hydrogen-bond donors (Lipinski definition) is 1. The molecule has 124 valence electrons. The molecule has 2 heterocycles. The highest BCUT2D eigenvalue weighted by molar-refractivity contribution is 5.91. The molecule has 0 saturated heterocycles. The van der Waals surface area contributed by atoms with Crippen LogP contribution in [0.4, 0.5) is 10.1 Å². The van der Waals surface area contributed by atoms with E-state index < -0.39 is 0 Å². The van der Waals surface area contributed by atoms with E-state index in [4.69, 9.17) is 0 Å². The lowest BCUT2D eigenvalue weighted by molar-refractivity contribution is -0.116. The zero-order valence-electron chi connectivity index (χ0n) is 13.8. The Hall–Kier alpha value is -2.83. The van der Waals surface area contributed by atoms with Crippen LogP contribution in [0.3, 0.4) is 0 Å². The van der Waals surface area contributed by atoms with Crippen molar-refractivity contribution in [2.75, 3.05) is 5.32 Å². The van der Waals surface area contributed by atoms with E-state index in [9.17, 15) is 9.18 Å². The molecule has 0 atom stereocenters. The van der Waals surface area contributed by atoms with Crippen LogP contribution in [-0.4, -0.2) is 25.5 Å². The smallest absolute Gasteiger partial charge is 0.252 e. The fraction of sp³-hybridized carbons (Fsp3) is 0.294. The van der Waals surface area contributed by atoms with Gasteiger partial charge in [0.05, 0.1) is 0 Å². The molecule has 0 fully saturated rings. The van der Waals surface area contributed by atoms with Crippen molar-refractivity contribution in [3.8, 4) is 0 Å². The van der Waals surface area contributed by atoms with Crippen molar-refractivity contribution in [3.05, 3.63) is 52.9 Å². The number of nitrogens with zero attached hydrogens (tertiary/aromatic N) is 4. The van der Waals surface area contributed by atoms with Gasteiger partial charge in [-0.3, -0.25) is 4.79 Å². The predicted molar refractivity (Wildman–Crippen MR) is 88.3 cm³/mol. The number of fused-ring (bicyclic) bond motifs is 1. The summed E-state index contributed by atoms with van der Waals surface area (Å²) in [7, 11) is 0. The summed E-state index contributed by atoms with van der Waals surface area (Å²) in [6.45, 7) is 5.65. The molecule has 0 spiro atoms. The van der Waals surface area contributed by atoms with Crippen LogP contribution in [0.1, 0.15) is 28.9 Å². The average Bonchev–Trinajstić information content (AvgIpc) is 2.99. The summed E-state index contributed by atoms with van der Waals surface area (Å²) in [6.07, 6.45) is 2.26. The maximum atomic E-state index is 13.3. The highest BCUT2D eigenvalue weighted by atomic mass is 19.1. The third-order valence-corrected chi connectivity index (χ3v) is 4.06. The highest BCUT2D eigenvalue weighted by Crippen LogP contribution is 2.18. The molecule has 0 aliphatic heterocycles. The van der Waals surface area contributed by atoms with Gasteiger partial charge in [0.1, 0.15) is 12.1 Å². The van der Waals surface area contributed by atoms with E-state index in [1.165, 1.54) is 18.5 Å². The number of aromatic nitrogens is 4. The predicted octanol–water partition coefficient (Wildman–Crippen LogP) is 2.76. The van der Waals surface area contributed by atoms with Crippen LogP contribution in [0, 0.1) is 26.6 Å². The maximum Gasteiger partial charge on any atom is 0.252 e. The molecular formula is C17H18FN5O. The number of aryl methyl sites for hydroxylation is 3. The first kappa shape index (κ1) is 16.0. The molecule has 0 radical (unpaired) electrons. The van der Waals surface area contributed by atoms with Crippen molar-refractivity contribution in [3.63, 3.8) is 0 Å². The molecule has 3 rings (SSSR count). The molecule has 0 bridgehead atoms. The zero-order valence-corrected chi connectivity index (χ0v) is 13.8. The molecule has 0 unspecified atom stereocenters. The Labute approximate surface area is 138 Å². The van der Waals surface area contributed by atoms with Crippen molar-refractivity contribution >= 4 is 17.4 Å². The minimum Gasteiger partial charge on any atom is -0.326 e. The Morgan fingerprint density at radius 2 is 2.08 bits per heavy atom. The van der Waals surface area contributed by atoms with Crippen LogP contribution >= 0.6 is 0 Å². The van der Waals surface area contributed by atoms with Gasteiger partial charge in [0.25, 0.3) is 5.78 Å². The molecule has 3 aromatic rings. The van der Waals surface area contributed by atoms with Gasteiger partial charge in [-0.1, -0.05) is 6.07 Å². The zero-order chi connectivity index (χ0) is 17.3. The standard InChI is InChI=1S/C17H18FN5O/c1-10-4-5-13(18)8-15(10)22-16(24)7-6-14-11(2)21-17-19-9-20-23(17)12(14)3/h4-5,8-9H,6-7H2,1-3H3,(H,22,24). The molecule has 24 heavy (non-hydrogen) atoms. The van der Waals surface area contributed by atoms with Crippen LogP contribution in [0.25, 0.3) is 5.78 Å². The SMILES string of the molecule is Cc1ccc(F)cc1NC(=O)CCc1c(C)nc2ncnn2c1C. The van der Waals surface area contributed by atoms with Crippen LogP contribution in [0.2, 0.25) is 0 Å². The molecule has 1 amide bonds. The maximum absolute atomic E-state index is 13.3. The third kappa shape index (κ3) is 3.10. The van der Waals surface area contributed by atoms with Gasteiger partial charge in [0.2, 0.25) is 5.91 Å². The summed E-state index contributed by atoms with van der Waals surface area (Å²) in [4.78, 5) is 20.7. The quantitative estimate of drug-likeness (QED) is 0.800. The Kier molecular flexibility index (Phi) is 4.24. The third-order valence-electron chi connectivity index (χ3n) is 4.06. The molecule has 0 aliphatic carbocycles. The lowest BCUT2D eigenvalue weighted by atomic mass is 10.1. The van der Waals surface area contributed by atoms with E-state index in [2.05, 4.69) is 20.4 Å². The van der Waals surface area contributed by atoms with Crippen LogP contribution < -0.4 is 5.32 Å². The Balaban J connectivity index is 1.73. The van der Waals surface area contributed by atoms with E-state index in [1.807, 2.05) is 20.8 Å². The van der Waals surface area contributed by atoms with Gasteiger partial charge in [0.15, 0.2) is 0 Å². The second kappa shape index (κ2) is 6.35. The Bertz CT molecular complexity index is 919. The summed E-state index contributed by atoms with van der Waals surface area (Å²) >= 11 is 0. The van der Waals surface area contributed by atoms with Gasteiger partial charge in [-0.15, -0.1) is 0 Å². The summed E-state index contributed by atoms with van der Waals surface area (Å²) in [5.41, 5.74) is 4.05. The summed E-state index contributed by atoms with van der Waals surface area (Å²) < 4.78 is 15.0. The minimum absolute atomic E-state index is 0.166. The van der Waals surface area contributed by atoms with Gasteiger partial charge in [-0.2, -0.15) is 10.1 Å². The normalized spacial score (nSPS) is 11.0. The number of hydrogen-bond acceptors (Lipinski definition) is 4. The second-order valence-electron chi connectivity index (χ2n) is 5.74. The number of carbonyl (C=O) groups excluding carboxylic acids is 1. The van der Waals surface area contributed by atoms with E-state index in [0.717, 1.165) is 22.5 Å². The number of rotatable bonds is 4. The van der Waals surface area contributed by atoms with Gasteiger partial charge in [0, 0.05) is 23.5 Å². The van der Waals surface area contributed by atoms with E-state index in [0.29, 0.717) is 17.9 Å². The molecule has 1 N–H and O–H groups in total. The van der Waals surface area contributed by atoms with Crippen LogP contribution in [0.5, 0.6) is 0 Å². The molecule has 6 nitrogen and oxygen atoms in total. The Morgan fingerprint density at radius 1 is 1.29 bits per heavy atom. The first-order chi connectivity index (χ1) is 11.5. The lowest BCUT2D eigenvalue weighted by Gasteiger charge is -2.11. The highest BCUT2D eigenvalue weighted by Gasteiger charge is 2.13. The van der Waals surface area contributed by atoms with Crippen molar-refractivity contribution in [2.24, 2.45) is 0 Å². The molecule has 0 aliphatic rings. The van der Waals surface area contributed by atoms with Crippen LogP contribution in [0.15, 0.2) is 24.5 Å². The number of halogens is 1. The van der Waals surface area contributed by atoms with E-state index in [-0.39, 0.29) is 18.1 Å². The van der Waals surface area contributed by atoms with E-state index in [1.54, 1.807) is 10.6 Å². The number of amides is 1. The Morgan fingerprint density at radius 3 is 2.88 bits per heavy atom. The molecule has 7 heteroatoms. The van der Waals surface area contributed by atoms with Gasteiger partial charge in [-0.05, 0) is 50.5 Å². The molecule has 0 saturated carbocycles. The van der Waals surface area contributed by atoms with Gasteiger partial charge < -0.3 is 5.32 Å². The number of nitrogens with one attached hydrogen (secondary N) is 1. The van der Waals surface area contributed by atoms with Crippen molar-refractivity contribution in [1.82, 2.24) is 19.6 Å². The summed E-state index contributed by atoms with van der Waals surface area (Å²) in [6, 6.07) is 4.34. The molecular weight excluding hydrogens is 309 g/mol. The largest absolute Gasteiger partial charge is 0.326 e. The summed E-state index contributed by atoms with van der Waals surface area (Å²) in [5.74, 6) is 0.0122. The monoisotopic (exact) mass is 327 g/mol. The van der Waals surface area contributed by atoms with Gasteiger partial charge >= 0.3 is 0 Å². The molecule has 2 aromatic heterocycles. The number of carbonyl (C=O) groups is 1. The fourth-order valence-corrected chi connectivity index (χ4v) is 2.70. The second-order valence-corrected chi connectivity index (χ2v) is 5.74. The van der Waals surface area contributed by atoms with Crippen molar-refractivity contribution in [2.45, 2.75) is 33.6 Å². The lowest BCUT2D eigenvalue weighted by Crippen LogP contribution is -2.15. The average molecular weight is 327 g/mol. The van der Waals surface area contributed by atoms with Crippen molar-refractivity contribution < 1.29 is 9.18 Å². The first-order valence-corrected chi connectivity index (χ1v) is 7.67. The van der Waals surface area contributed by atoms with Gasteiger partial charge in [-0.25, -0.2) is 13.9 Å². The molecule has 1 aromatic carbocycles.